The molecule has 194 valence electrons. The fourth-order valence-electron chi connectivity index (χ4n) is 5.17. The number of H-pyrrole nitrogens is 1. The second-order valence-electron chi connectivity index (χ2n) is 9.42. The summed E-state index contributed by atoms with van der Waals surface area (Å²) in [4.78, 5) is 45.6. The van der Waals surface area contributed by atoms with Gasteiger partial charge in [0, 0.05) is 27.6 Å². The van der Waals surface area contributed by atoms with E-state index in [9.17, 15) is 14.4 Å². The first kappa shape index (κ1) is 23.9. The molecule has 2 N–H and O–H groups in total. The zero-order valence-electron chi connectivity index (χ0n) is 20.8. The van der Waals surface area contributed by atoms with Crippen LogP contribution in [0.15, 0.2) is 101 Å². The van der Waals surface area contributed by atoms with Crippen molar-refractivity contribution >= 4 is 44.9 Å². The molecule has 0 spiro atoms. The summed E-state index contributed by atoms with van der Waals surface area (Å²) < 4.78 is 6.72. The number of carbonyl (C=O) groups is 1. The molecule has 1 aliphatic heterocycles. The third-order valence-electron chi connectivity index (χ3n) is 7.01. The van der Waals surface area contributed by atoms with E-state index in [0.717, 1.165) is 37.6 Å². The lowest BCUT2D eigenvalue weighted by molar-refractivity contribution is -0.118. The highest BCUT2D eigenvalue weighted by atomic mass is 35.5. The van der Waals surface area contributed by atoms with Crippen LogP contribution < -0.4 is 21.3 Å². The Bertz CT molecular complexity index is 2130. The van der Waals surface area contributed by atoms with Crippen LogP contribution in [0.3, 0.4) is 0 Å². The number of rotatable bonds is 3. The van der Waals surface area contributed by atoms with E-state index in [2.05, 4.69) is 15.3 Å². The zero-order valence-corrected chi connectivity index (χ0v) is 21.5. The van der Waals surface area contributed by atoms with E-state index in [0.29, 0.717) is 33.0 Å². The molecule has 1 aliphatic rings. The molecule has 0 saturated carbocycles. The van der Waals surface area contributed by atoms with Gasteiger partial charge in [-0.15, -0.1) is 0 Å². The fourth-order valence-corrected chi connectivity index (χ4v) is 5.45. The van der Waals surface area contributed by atoms with Gasteiger partial charge in [-0.1, -0.05) is 60.1 Å². The summed E-state index contributed by atoms with van der Waals surface area (Å²) in [6.45, 7) is -0.0523. The van der Waals surface area contributed by atoms with E-state index in [-0.39, 0.29) is 12.5 Å². The first-order valence-corrected chi connectivity index (χ1v) is 12.8. The van der Waals surface area contributed by atoms with E-state index in [4.69, 9.17) is 16.3 Å². The third-order valence-corrected chi connectivity index (χ3v) is 7.33. The van der Waals surface area contributed by atoms with E-state index in [1.54, 1.807) is 30.5 Å². The molecule has 40 heavy (non-hydrogen) atoms. The van der Waals surface area contributed by atoms with Gasteiger partial charge in [-0.25, -0.2) is 9.36 Å². The molecule has 0 saturated heterocycles. The smallest absolute Gasteiger partial charge is 0.333 e. The highest BCUT2D eigenvalue weighted by Gasteiger charge is 2.19. The van der Waals surface area contributed by atoms with E-state index in [1.807, 2.05) is 54.6 Å². The molecule has 3 heterocycles. The predicted octanol–water partition coefficient (Wildman–Crippen LogP) is 5.55. The molecule has 0 aliphatic carbocycles. The number of carbonyl (C=O) groups excluding carboxylic acids is 1. The van der Waals surface area contributed by atoms with Gasteiger partial charge in [0.25, 0.3) is 11.5 Å². The standard InChI is InChI=1S/C31H19ClN4O4/c32-23-7-3-6-21(17-9-11-24-27(13-17)40-16-28(37)34-24)29(23)18-8-10-22-25(12-18)35-31(39)36(30(22)38)26-15-33-14-19-4-1-2-5-20(19)26/h1-15H,16H2,(H,34,37)(H,35,39). The van der Waals surface area contributed by atoms with Crippen molar-refractivity contribution in [3.8, 4) is 33.7 Å². The number of hydrogen-bond donors (Lipinski definition) is 2. The molecule has 0 bridgehead atoms. The van der Waals surface area contributed by atoms with Crippen LogP contribution in [0.25, 0.3) is 49.6 Å². The summed E-state index contributed by atoms with van der Waals surface area (Å²) in [5.41, 5.74) is 3.50. The Labute approximate surface area is 231 Å². The number of nitrogens with zero attached hydrogens (tertiary/aromatic N) is 2. The highest BCUT2D eigenvalue weighted by molar-refractivity contribution is 6.34. The summed E-state index contributed by atoms with van der Waals surface area (Å²) in [6, 6.07) is 23.8. The number of amides is 1. The van der Waals surface area contributed by atoms with Crippen molar-refractivity contribution in [2.75, 3.05) is 11.9 Å². The number of pyridine rings is 1. The van der Waals surface area contributed by atoms with Crippen molar-refractivity contribution in [2.45, 2.75) is 0 Å². The maximum Gasteiger partial charge on any atom is 0.333 e. The first-order chi connectivity index (χ1) is 19.5. The minimum absolute atomic E-state index is 0.0523. The molecular weight excluding hydrogens is 528 g/mol. The number of nitrogens with one attached hydrogen (secondary N) is 2. The molecule has 1 amide bonds. The van der Waals surface area contributed by atoms with E-state index < -0.39 is 11.2 Å². The van der Waals surface area contributed by atoms with Crippen molar-refractivity contribution in [2.24, 2.45) is 0 Å². The summed E-state index contributed by atoms with van der Waals surface area (Å²) in [5, 5.41) is 5.21. The van der Waals surface area contributed by atoms with Gasteiger partial charge in [0.05, 0.1) is 28.5 Å². The monoisotopic (exact) mass is 546 g/mol. The molecular formula is C31H19ClN4O4. The Morgan fingerprint density at radius 3 is 2.60 bits per heavy atom. The Kier molecular flexibility index (Phi) is 5.50. The minimum atomic E-state index is -0.568. The van der Waals surface area contributed by atoms with Crippen molar-refractivity contribution in [3.05, 3.63) is 117 Å². The van der Waals surface area contributed by atoms with Crippen LogP contribution in [0.5, 0.6) is 5.75 Å². The molecule has 0 fully saturated rings. The van der Waals surface area contributed by atoms with Crippen LogP contribution in [0.4, 0.5) is 5.69 Å². The van der Waals surface area contributed by atoms with Crippen LogP contribution in [-0.4, -0.2) is 27.0 Å². The molecule has 0 radical (unpaired) electrons. The quantitative estimate of drug-likeness (QED) is 0.303. The molecule has 4 aromatic carbocycles. The van der Waals surface area contributed by atoms with Crippen LogP contribution in [0, 0.1) is 0 Å². The molecule has 0 unspecified atom stereocenters. The van der Waals surface area contributed by atoms with E-state index >= 15 is 0 Å². The number of ether oxygens (including phenoxy) is 1. The number of halogens is 1. The second-order valence-corrected chi connectivity index (χ2v) is 9.83. The van der Waals surface area contributed by atoms with Crippen LogP contribution in [0.1, 0.15) is 0 Å². The number of aromatic amines is 1. The highest BCUT2D eigenvalue weighted by Crippen LogP contribution is 2.41. The number of benzene rings is 4. The average molecular weight is 547 g/mol. The Morgan fingerprint density at radius 1 is 0.850 bits per heavy atom. The van der Waals surface area contributed by atoms with Gasteiger partial charge in [0.1, 0.15) is 5.75 Å². The molecule has 9 heteroatoms. The Hall–Kier alpha value is -5.21. The summed E-state index contributed by atoms with van der Waals surface area (Å²) in [7, 11) is 0. The van der Waals surface area contributed by atoms with Gasteiger partial charge in [-0.3, -0.25) is 14.6 Å². The maximum atomic E-state index is 13.6. The number of fused-ring (bicyclic) bond motifs is 3. The SMILES string of the molecule is O=C1COc2cc(-c3cccc(Cl)c3-c3ccc4c(=O)n(-c5cncc6ccccc56)c(=O)[nH]c4c3)ccc2N1. The molecule has 2 aromatic heterocycles. The van der Waals surface area contributed by atoms with Gasteiger partial charge in [-0.2, -0.15) is 0 Å². The van der Waals surface area contributed by atoms with Crippen molar-refractivity contribution in [1.82, 2.24) is 14.5 Å². The normalized spacial score (nSPS) is 12.7. The first-order valence-electron chi connectivity index (χ1n) is 12.5. The lowest BCUT2D eigenvalue weighted by Crippen LogP contribution is -2.33. The van der Waals surface area contributed by atoms with Crippen LogP contribution in [0.2, 0.25) is 5.02 Å². The predicted molar refractivity (Wildman–Crippen MR) is 155 cm³/mol. The largest absolute Gasteiger partial charge is 0.482 e. The number of hydrogen-bond acceptors (Lipinski definition) is 5. The van der Waals surface area contributed by atoms with Gasteiger partial charge in [-0.05, 0) is 47.0 Å². The van der Waals surface area contributed by atoms with Gasteiger partial charge < -0.3 is 15.0 Å². The Balaban J connectivity index is 1.38. The average Bonchev–Trinajstić information content (AvgIpc) is 2.96. The van der Waals surface area contributed by atoms with Gasteiger partial charge >= 0.3 is 5.69 Å². The Morgan fingerprint density at radius 2 is 1.70 bits per heavy atom. The topological polar surface area (TPSA) is 106 Å². The lowest BCUT2D eigenvalue weighted by atomic mass is 9.93. The molecule has 8 nitrogen and oxygen atoms in total. The number of anilines is 1. The van der Waals surface area contributed by atoms with Gasteiger partial charge in [0.2, 0.25) is 0 Å². The van der Waals surface area contributed by atoms with E-state index in [1.165, 1.54) is 6.20 Å². The van der Waals surface area contributed by atoms with Crippen LogP contribution in [-0.2, 0) is 4.79 Å². The summed E-state index contributed by atoms with van der Waals surface area (Å²) >= 11 is 6.72. The van der Waals surface area contributed by atoms with Crippen LogP contribution >= 0.6 is 11.6 Å². The maximum absolute atomic E-state index is 13.6. The molecule has 6 aromatic rings. The summed E-state index contributed by atoms with van der Waals surface area (Å²) in [6.07, 6.45) is 3.21. The molecule has 7 rings (SSSR count). The third kappa shape index (κ3) is 3.85. The zero-order chi connectivity index (χ0) is 27.4. The fraction of sp³-hybridized carbons (Fsp3) is 0.0323. The van der Waals surface area contributed by atoms with Crippen molar-refractivity contribution in [3.63, 3.8) is 0 Å². The lowest BCUT2D eigenvalue weighted by Gasteiger charge is -2.19. The molecule has 0 atom stereocenters. The van der Waals surface area contributed by atoms with Gasteiger partial charge in [0.15, 0.2) is 6.61 Å². The minimum Gasteiger partial charge on any atom is -0.482 e. The van der Waals surface area contributed by atoms with Crippen molar-refractivity contribution in [1.29, 1.82) is 0 Å². The van der Waals surface area contributed by atoms with Crippen molar-refractivity contribution < 1.29 is 9.53 Å². The number of aromatic nitrogens is 3. The summed E-state index contributed by atoms with van der Waals surface area (Å²) in [5.74, 6) is 0.360. The second kappa shape index (κ2) is 9.21.